The number of anilines is 1. The van der Waals surface area contributed by atoms with E-state index in [0.29, 0.717) is 13.0 Å². The van der Waals surface area contributed by atoms with Gasteiger partial charge >= 0.3 is 0 Å². The molecule has 2 atom stereocenters. The van der Waals surface area contributed by atoms with Gasteiger partial charge in [0, 0.05) is 31.0 Å². The Morgan fingerprint density at radius 3 is 2.88 bits per heavy atom. The summed E-state index contributed by atoms with van der Waals surface area (Å²) in [6.45, 7) is 1.37. The molecule has 1 aromatic heterocycles. The molecular formula is C18H23N5O2. The van der Waals surface area contributed by atoms with E-state index in [1.54, 1.807) is 24.5 Å². The van der Waals surface area contributed by atoms with Crippen molar-refractivity contribution in [2.45, 2.75) is 24.9 Å². The summed E-state index contributed by atoms with van der Waals surface area (Å²) in [7, 11) is 0. The molecular weight excluding hydrogens is 318 g/mol. The minimum Gasteiger partial charge on any atom is -0.508 e. The molecule has 7 heteroatoms. The van der Waals surface area contributed by atoms with Gasteiger partial charge in [0.2, 0.25) is 5.91 Å². The van der Waals surface area contributed by atoms with Crippen LogP contribution in [0.4, 0.5) is 5.69 Å². The van der Waals surface area contributed by atoms with E-state index in [-0.39, 0.29) is 23.7 Å². The maximum atomic E-state index is 12.2. The third kappa shape index (κ3) is 4.68. The molecule has 2 unspecified atom stereocenters. The molecule has 25 heavy (non-hydrogen) atoms. The topological polar surface area (TPSA) is 98.3 Å². The highest BCUT2D eigenvalue weighted by molar-refractivity contribution is 5.82. The number of benzene rings is 1. The second-order valence-electron chi connectivity index (χ2n) is 6.00. The lowest BCUT2D eigenvalue weighted by atomic mass is 10.0. The number of nitrogens with one attached hydrogen (secondary N) is 4. The number of hydrogen-bond donors (Lipinski definition) is 5. The van der Waals surface area contributed by atoms with Crippen LogP contribution in [0.2, 0.25) is 0 Å². The third-order valence-corrected chi connectivity index (χ3v) is 4.18. The van der Waals surface area contributed by atoms with Crippen molar-refractivity contribution in [1.82, 2.24) is 21.2 Å². The number of pyridine rings is 1. The molecule has 2 heterocycles. The number of para-hydroxylation sites is 1. The Morgan fingerprint density at radius 2 is 2.08 bits per heavy atom. The highest BCUT2D eigenvalue weighted by atomic mass is 16.3. The lowest BCUT2D eigenvalue weighted by Crippen LogP contribution is -2.43. The molecule has 0 radical (unpaired) electrons. The van der Waals surface area contributed by atoms with Crippen molar-refractivity contribution in [1.29, 1.82) is 0 Å². The fraction of sp³-hybridized carbons (Fsp3) is 0.333. The minimum absolute atomic E-state index is 0.0354. The Labute approximate surface area is 146 Å². The zero-order valence-corrected chi connectivity index (χ0v) is 13.9. The molecule has 0 saturated carbocycles. The molecule has 1 fully saturated rings. The number of aromatic nitrogens is 1. The Morgan fingerprint density at radius 1 is 1.20 bits per heavy atom. The second kappa shape index (κ2) is 8.46. The molecule has 7 nitrogen and oxygen atoms in total. The van der Waals surface area contributed by atoms with Crippen LogP contribution < -0.4 is 21.5 Å². The molecule has 1 aliphatic rings. The van der Waals surface area contributed by atoms with Crippen LogP contribution in [0.3, 0.4) is 0 Å². The summed E-state index contributed by atoms with van der Waals surface area (Å²) in [6.07, 6.45) is 4.92. The first-order valence-corrected chi connectivity index (χ1v) is 8.44. The van der Waals surface area contributed by atoms with Gasteiger partial charge in [0.05, 0.1) is 11.7 Å². The van der Waals surface area contributed by atoms with E-state index >= 15 is 0 Å². The first-order chi connectivity index (χ1) is 12.2. The van der Waals surface area contributed by atoms with E-state index < -0.39 is 0 Å². The van der Waals surface area contributed by atoms with Gasteiger partial charge in [0.25, 0.3) is 0 Å². The van der Waals surface area contributed by atoms with E-state index in [1.807, 2.05) is 24.3 Å². The average molecular weight is 341 g/mol. The van der Waals surface area contributed by atoms with Crippen LogP contribution in [0.25, 0.3) is 0 Å². The summed E-state index contributed by atoms with van der Waals surface area (Å²) in [5, 5.41) is 16.1. The van der Waals surface area contributed by atoms with Crippen LogP contribution in [0, 0.1) is 0 Å². The number of carbonyl (C=O) groups excluding carboxylic acids is 1. The lowest BCUT2D eigenvalue weighted by Gasteiger charge is -2.12. The number of hydrogen-bond acceptors (Lipinski definition) is 6. The number of carbonyl (C=O) groups is 1. The van der Waals surface area contributed by atoms with Gasteiger partial charge in [-0.1, -0.05) is 18.2 Å². The van der Waals surface area contributed by atoms with E-state index in [2.05, 4.69) is 26.5 Å². The van der Waals surface area contributed by atoms with Crippen LogP contribution in [0.5, 0.6) is 5.75 Å². The number of nitrogens with zero attached hydrogens (tertiary/aromatic N) is 1. The van der Waals surface area contributed by atoms with Crippen LogP contribution in [0.1, 0.15) is 24.4 Å². The summed E-state index contributed by atoms with van der Waals surface area (Å²) in [6, 6.07) is 10.6. The highest BCUT2D eigenvalue weighted by Gasteiger charge is 2.30. The molecule has 0 bridgehead atoms. The van der Waals surface area contributed by atoms with Gasteiger partial charge in [-0.3, -0.25) is 9.78 Å². The predicted octanol–water partition coefficient (Wildman–Crippen LogP) is 1.31. The van der Waals surface area contributed by atoms with Crippen LogP contribution in [0.15, 0.2) is 48.8 Å². The quantitative estimate of drug-likeness (QED) is 0.487. The average Bonchev–Trinajstić information content (AvgIpc) is 3.12. The van der Waals surface area contributed by atoms with Crippen molar-refractivity contribution in [3.63, 3.8) is 0 Å². The van der Waals surface area contributed by atoms with Crippen molar-refractivity contribution >= 4 is 11.6 Å². The summed E-state index contributed by atoms with van der Waals surface area (Å²) < 4.78 is 0. The zero-order valence-electron chi connectivity index (χ0n) is 13.9. The Bertz CT molecular complexity index is 695. The number of rotatable bonds is 7. The van der Waals surface area contributed by atoms with Crippen molar-refractivity contribution in [3.05, 3.63) is 54.4 Å². The highest BCUT2D eigenvalue weighted by Crippen LogP contribution is 2.28. The maximum Gasteiger partial charge on any atom is 0.238 e. The molecule has 0 spiro atoms. The second-order valence-corrected chi connectivity index (χ2v) is 6.00. The first kappa shape index (κ1) is 17.2. The standard InChI is InChI=1S/C18H23N5O2/c24-17-7-2-1-6-14(17)15-11-16(23-22-15)18(25)21-10-4-9-20-13-5-3-8-19-12-13/h1-3,5-8,12,15-16,20,22-24H,4,9-11H2,(H,21,25). The van der Waals surface area contributed by atoms with Crippen molar-refractivity contribution in [2.24, 2.45) is 0 Å². The van der Waals surface area contributed by atoms with Crippen LogP contribution in [-0.2, 0) is 4.79 Å². The van der Waals surface area contributed by atoms with E-state index in [1.165, 1.54) is 0 Å². The normalized spacial score (nSPS) is 19.5. The van der Waals surface area contributed by atoms with Gasteiger partial charge in [0.15, 0.2) is 0 Å². The van der Waals surface area contributed by atoms with Crippen LogP contribution >= 0.6 is 0 Å². The Hall–Kier alpha value is -2.64. The number of phenols is 1. The van der Waals surface area contributed by atoms with Crippen LogP contribution in [-0.4, -0.2) is 35.1 Å². The molecule has 1 amide bonds. The number of hydrazine groups is 1. The van der Waals surface area contributed by atoms with Crippen molar-refractivity contribution in [2.75, 3.05) is 18.4 Å². The fourth-order valence-corrected chi connectivity index (χ4v) is 2.84. The number of phenolic OH excluding ortho intramolecular Hbond substituents is 1. The molecule has 1 saturated heterocycles. The largest absolute Gasteiger partial charge is 0.508 e. The lowest BCUT2D eigenvalue weighted by molar-refractivity contribution is -0.122. The Balaban J connectivity index is 1.37. The van der Waals surface area contributed by atoms with Crippen molar-refractivity contribution in [3.8, 4) is 5.75 Å². The summed E-state index contributed by atoms with van der Waals surface area (Å²) >= 11 is 0. The molecule has 3 rings (SSSR count). The molecule has 132 valence electrons. The van der Waals surface area contributed by atoms with Gasteiger partial charge in [-0.05, 0) is 31.0 Å². The summed E-state index contributed by atoms with van der Waals surface area (Å²) in [5.74, 6) is 0.205. The zero-order chi connectivity index (χ0) is 17.5. The number of amides is 1. The molecule has 1 aliphatic heterocycles. The van der Waals surface area contributed by atoms with E-state index in [9.17, 15) is 9.90 Å². The maximum absolute atomic E-state index is 12.2. The van der Waals surface area contributed by atoms with E-state index in [4.69, 9.17) is 0 Å². The molecule has 1 aromatic carbocycles. The SMILES string of the molecule is O=C(NCCCNc1cccnc1)C1CC(c2ccccc2O)NN1. The van der Waals surface area contributed by atoms with Gasteiger partial charge in [-0.25, -0.2) is 10.9 Å². The van der Waals surface area contributed by atoms with Crippen molar-refractivity contribution < 1.29 is 9.90 Å². The minimum atomic E-state index is -0.309. The molecule has 2 aromatic rings. The smallest absolute Gasteiger partial charge is 0.238 e. The number of aromatic hydroxyl groups is 1. The van der Waals surface area contributed by atoms with Gasteiger partial charge < -0.3 is 15.7 Å². The van der Waals surface area contributed by atoms with Gasteiger partial charge in [0.1, 0.15) is 11.8 Å². The summed E-state index contributed by atoms with van der Waals surface area (Å²) in [5.41, 5.74) is 7.85. The fourth-order valence-electron chi connectivity index (χ4n) is 2.84. The summed E-state index contributed by atoms with van der Waals surface area (Å²) in [4.78, 5) is 16.3. The monoisotopic (exact) mass is 341 g/mol. The molecule has 5 N–H and O–H groups in total. The molecule has 0 aliphatic carbocycles. The third-order valence-electron chi connectivity index (χ3n) is 4.18. The first-order valence-electron chi connectivity index (χ1n) is 8.44. The van der Waals surface area contributed by atoms with E-state index in [0.717, 1.165) is 24.2 Å². The Kier molecular flexibility index (Phi) is 5.81. The predicted molar refractivity (Wildman–Crippen MR) is 95.9 cm³/mol. The van der Waals surface area contributed by atoms with Gasteiger partial charge in [-0.15, -0.1) is 0 Å². The van der Waals surface area contributed by atoms with Gasteiger partial charge in [-0.2, -0.15) is 0 Å².